The van der Waals surface area contributed by atoms with Crippen LogP contribution in [0.15, 0.2) is 17.1 Å². The number of hydrogen-bond acceptors (Lipinski definition) is 2. The zero-order valence-corrected chi connectivity index (χ0v) is 10.8. The number of hydrogen-bond donors (Lipinski definition) is 2. The Balaban J connectivity index is 2.04. The fraction of sp³-hybridized carbons (Fsp3) is 0.571. The summed E-state index contributed by atoms with van der Waals surface area (Å²) in [5, 5.41) is 2.98. The summed E-state index contributed by atoms with van der Waals surface area (Å²) in [7, 11) is 0. The van der Waals surface area contributed by atoms with E-state index in [9.17, 15) is 9.59 Å². The minimum absolute atomic E-state index is 0.211. The molecule has 0 spiro atoms. The highest BCUT2D eigenvalue weighted by Gasteiger charge is 2.17. The average Bonchev–Trinajstić information content (AvgIpc) is 2.57. The van der Waals surface area contributed by atoms with E-state index in [0.717, 1.165) is 31.4 Å². The molecule has 0 unspecified atom stereocenters. The van der Waals surface area contributed by atoms with Gasteiger partial charge in [0.2, 0.25) is 0 Å². The third-order valence-electron chi connectivity index (χ3n) is 3.49. The third-order valence-corrected chi connectivity index (χ3v) is 3.49. The van der Waals surface area contributed by atoms with Crippen molar-refractivity contribution in [2.75, 3.05) is 0 Å². The quantitative estimate of drug-likeness (QED) is 0.788. The minimum Gasteiger partial charge on any atom is -0.364 e. The van der Waals surface area contributed by atoms with Crippen molar-refractivity contribution in [2.24, 2.45) is 0 Å². The van der Waals surface area contributed by atoms with Crippen LogP contribution in [-0.2, 0) is 0 Å². The van der Waals surface area contributed by atoms with E-state index in [1.807, 2.05) is 0 Å². The van der Waals surface area contributed by atoms with Crippen molar-refractivity contribution in [1.29, 1.82) is 0 Å². The molecule has 1 aromatic heterocycles. The van der Waals surface area contributed by atoms with E-state index in [2.05, 4.69) is 10.3 Å². The first-order valence-electron chi connectivity index (χ1n) is 6.67. The van der Waals surface area contributed by atoms with Gasteiger partial charge in [0, 0.05) is 24.0 Å². The molecule has 1 aromatic rings. The monoisotopic (exact) mass is 248 g/mol. The van der Waals surface area contributed by atoms with Crippen molar-refractivity contribution >= 4 is 5.91 Å². The van der Waals surface area contributed by atoms with Crippen LogP contribution in [0.3, 0.4) is 0 Å². The molecule has 1 heterocycles. The van der Waals surface area contributed by atoms with Gasteiger partial charge >= 0.3 is 0 Å². The summed E-state index contributed by atoms with van der Waals surface area (Å²) in [6.07, 6.45) is 8.37. The van der Waals surface area contributed by atoms with Crippen LogP contribution in [-0.4, -0.2) is 16.9 Å². The number of amides is 1. The van der Waals surface area contributed by atoms with Crippen molar-refractivity contribution in [1.82, 2.24) is 10.3 Å². The Hall–Kier alpha value is -1.58. The first-order valence-corrected chi connectivity index (χ1v) is 6.67. The summed E-state index contributed by atoms with van der Waals surface area (Å²) in [5.74, 6) is -0.247. The van der Waals surface area contributed by atoms with Gasteiger partial charge in [-0.1, -0.05) is 25.7 Å². The zero-order chi connectivity index (χ0) is 13.0. The highest BCUT2D eigenvalue weighted by atomic mass is 16.2. The number of aromatic amines is 1. The lowest BCUT2D eigenvalue weighted by atomic mass is 10.1. The van der Waals surface area contributed by atoms with E-state index >= 15 is 0 Å². The van der Waals surface area contributed by atoms with E-state index < -0.39 is 0 Å². The van der Waals surface area contributed by atoms with Crippen LogP contribution in [0.4, 0.5) is 0 Å². The van der Waals surface area contributed by atoms with Crippen LogP contribution >= 0.6 is 0 Å². The van der Waals surface area contributed by atoms with Gasteiger partial charge in [-0.15, -0.1) is 0 Å². The first-order chi connectivity index (χ1) is 8.66. The Kier molecular flexibility index (Phi) is 4.18. The van der Waals surface area contributed by atoms with Gasteiger partial charge in [-0.2, -0.15) is 0 Å². The van der Waals surface area contributed by atoms with Crippen LogP contribution < -0.4 is 10.7 Å². The normalized spacial score (nSPS) is 17.2. The van der Waals surface area contributed by atoms with Gasteiger partial charge in [0.15, 0.2) is 5.43 Å². The SMILES string of the molecule is Cc1cc(=O)c(C(=O)NC2CCCCCC2)c[nH]1. The molecule has 0 bridgehead atoms. The molecule has 1 aliphatic carbocycles. The Morgan fingerprint density at radius 3 is 2.56 bits per heavy atom. The zero-order valence-electron chi connectivity index (χ0n) is 10.8. The van der Waals surface area contributed by atoms with E-state index in [-0.39, 0.29) is 22.9 Å². The van der Waals surface area contributed by atoms with Crippen LogP contribution in [0.1, 0.15) is 54.6 Å². The summed E-state index contributed by atoms with van der Waals surface area (Å²) < 4.78 is 0. The number of pyridine rings is 1. The van der Waals surface area contributed by atoms with Gasteiger partial charge in [0.25, 0.3) is 5.91 Å². The fourth-order valence-corrected chi connectivity index (χ4v) is 2.44. The molecule has 2 rings (SSSR count). The molecule has 4 nitrogen and oxygen atoms in total. The van der Waals surface area contributed by atoms with Gasteiger partial charge in [0.1, 0.15) is 5.56 Å². The van der Waals surface area contributed by atoms with E-state index in [1.54, 1.807) is 6.92 Å². The number of aromatic nitrogens is 1. The number of rotatable bonds is 2. The molecule has 0 aromatic carbocycles. The molecule has 1 amide bonds. The molecular formula is C14H20N2O2. The predicted molar refractivity (Wildman–Crippen MR) is 70.8 cm³/mol. The second-order valence-electron chi connectivity index (χ2n) is 5.06. The first kappa shape index (κ1) is 12.9. The topological polar surface area (TPSA) is 62.0 Å². The van der Waals surface area contributed by atoms with E-state index in [4.69, 9.17) is 0 Å². The van der Waals surface area contributed by atoms with Crippen LogP contribution in [0.2, 0.25) is 0 Å². The second kappa shape index (κ2) is 5.85. The molecule has 0 saturated heterocycles. The molecule has 1 fully saturated rings. The van der Waals surface area contributed by atoms with Crippen molar-refractivity contribution in [3.8, 4) is 0 Å². The summed E-state index contributed by atoms with van der Waals surface area (Å²) >= 11 is 0. The van der Waals surface area contributed by atoms with E-state index in [0.29, 0.717) is 0 Å². The van der Waals surface area contributed by atoms with Crippen molar-refractivity contribution < 1.29 is 4.79 Å². The summed E-state index contributed by atoms with van der Waals surface area (Å²) in [4.78, 5) is 26.6. The standard InChI is InChI=1S/C14H20N2O2/c1-10-8-13(17)12(9-15-10)14(18)16-11-6-4-2-3-5-7-11/h8-9,11H,2-7H2,1H3,(H,15,17)(H,16,18). The van der Waals surface area contributed by atoms with Gasteiger partial charge < -0.3 is 10.3 Å². The molecule has 1 saturated carbocycles. The highest BCUT2D eigenvalue weighted by Crippen LogP contribution is 2.17. The predicted octanol–water partition coefficient (Wildman–Crippen LogP) is 2.14. The van der Waals surface area contributed by atoms with Gasteiger partial charge in [0.05, 0.1) is 0 Å². The van der Waals surface area contributed by atoms with Crippen molar-refractivity contribution in [2.45, 2.75) is 51.5 Å². The van der Waals surface area contributed by atoms with Gasteiger partial charge in [-0.25, -0.2) is 0 Å². The maximum atomic E-state index is 12.0. The Morgan fingerprint density at radius 1 is 1.28 bits per heavy atom. The maximum absolute atomic E-state index is 12.0. The number of aryl methyl sites for hydroxylation is 1. The number of carbonyl (C=O) groups excluding carboxylic acids is 1. The lowest BCUT2D eigenvalue weighted by molar-refractivity contribution is 0.0932. The third kappa shape index (κ3) is 3.22. The van der Waals surface area contributed by atoms with Gasteiger partial charge in [-0.05, 0) is 19.8 Å². The maximum Gasteiger partial charge on any atom is 0.256 e. The minimum atomic E-state index is -0.247. The Morgan fingerprint density at radius 2 is 1.94 bits per heavy atom. The lowest BCUT2D eigenvalue weighted by Gasteiger charge is -2.15. The molecule has 0 aliphatic heterocycles. The van der Waals surface area contributed by atoms with Gasteiger partial charge in [-0.3, -0.25) is 9.59 Å². The summed E-state index contributed by atoms with van der Waals surface area (Å²) in [5.41, 5.74) is 0.772. The molecule has 0 atom stereocenters. The molecule has 4 heteroatoms. The lowest BCUT2D eigenvalue weighted by Crippen LogP contribution is -2.36. The Bertz CT molecular complexity index is 471. The van der Waals surface area contributed by atoms with Crippen LogP contribution in [0.25, 0.3) is 0 Å². The number of H-pyrrole nitrogens is 1. The molecule has 0 radical (unpaired) electrons. The second-order valence-corrected chi connectivity index (χ2v) is 5.06. The smallest absolute Gasteiger partial charge is 0.256 e. The number of carbonyl (C=O) groups is 1. The molecule has 98 valence electrons. The van der Waals surface area contributed by atoms with E-state index in [1.165, 1.54) is 25.1 Å². The largest absolute Gasteiger partial charge is 0.364 e. The summed E-state index contributed by atoms with van der Waals surface area (Å²) in [6, 6.07) is 1.68. The molecule has 18 heavy (non-hydrogen) atoms. The highest BCUT2D eigenvalue weighted by molar-refractivity contribution is 5.93. The van der Waals surface area contributed by atoms with Crippen LogP contribution in [0, 0.1) is 6.92 Å². The fourth-order valence-electron chi connectivity index (χ4n) is 2.44. The molecule has 2 N–H and O–H groups in total. The molecular weight excluding hydrogens is 228 g/mol. The van der Waals surface area contributed by atoms with Crippen molar-refractivity contribution in [3.63, 3.8) is 0 Å². The average molecular weight is 248 g/mol. The summed E-state index contributed by atoms with van der Waals surface area (Å²) in [6.45, 7) is 1.80. The number of nitrogens with one attached hydrogen (secondary N) is 2. The Labute approximate surface area is 107 Å². The van der Waals surface area contributed by atoms with Crippen molar-refractivity contribution in [3.05, 3.63) is 33.7 Å². The van der Waals surface area contributed by atoms with Crippen LogP contribution in [0.5, 0.6) is 0 Å². The molecule has 1 aliphatic rings.